The van der Waals surface area contributed by atoms with E-state index in [1.165, 1.54) is 0 Å². The molecule has 1 aromatic heterocycles. The van der Waals surface area contributed by atoms with E-state index in [0.717, 1.165) is 49.0 Å². The Hall–Kier alpha value is -1.14. The maximum Gasteiger partial charge on any atom is 0.191 e. The molecule has 0 saturated carbocycles. The molecule has 1 aromatic rings. The van der Waals surface area contributed by atoms with Gasteiger partial charge in [-0.05, 0) is 37.5 Å². The number of aliphatic hydroxyl groups excluding tert-OH is 1. The Bertz CT molecular complexity index is 495. The number of guanidine groups is 1. The highest BCUT2D eigenvalue weighted by atomic mass is 32.1. The van der Waals surface area contributed by atoms with Gasteiger partial charge in [-0.1, -0.05) is 27.7 Å². The van der Waals surface area contributed by atoms with Gasteiger partial charge >= 0.3 is 0 Å². The number of thiazole rings is 1. The Morgan fingerprint density at radius 1 is 1.29 bits per heavy atom. The molecule has 3 N–H and O–H groups in total. The lowest BCUT2D eigenvalue weighted by Crippen LogP contribution is -2.43. The third-order valence-electron chi connectivity index (χ3n) is 4.65. The van der Waals surface area contributed by atoms with E-state index in [-0.39, 0.29) is 12.0 Å². The summed E-state index contributed by atoms with van der Waals surface area (Å²) in [4.78, 5) is 9.30. The van der Waals surface area contributed by atoms with Gasteiger partial charge in [0, 0.05) is 25.1 Å². The first-order valence-electron chi connectivity index (χ1n) is 9.07. The predicted octanol–water partition coefficient (Wildman–Crippen LogP) is 3.51. The van der Waals surface area contributed by atoms with Gasteiger partial charge in [-0.25, -0.2) is 9.98 Å². The second-order valence-corrected chi connectivity index (χ2v) is 7.49. The summed E-state index contributed by atoms with van der Waals surface area (Å²) in [5.74, 6) is 1.28. The Balaban J connectivity index is 2.70. The van der Waals surface area contributed by atoms with Gasteiger partial charge < -0.3 is 15.7 Å². The summed E-state index contributed by atoms with van der Waals surface area (Å²) < 4.78 is 0. The summed E-state index contributed by atoms with van der Waals surface area (Å²) in [7, 11) is 0. The SMILES string of the molecule is CCNC(=NCc1nc(C(C)C)cs1)NCC(CC)(CC)CCO. The Labute approximate surface area is 151 Å². The quantitative estimate of drug-likeness (QED) is 0.444. The fraction of sp³-hybridized carbons (Fsp3) is 0.778. The van der Waals surface area contributed by atoms with Crippen molar-refractivity contribution in [3.63, 3.8) is 0 Å². The van der Waals surface area contributed by atoms with Gasteiger partial charge in [0.15, 0.2) is 5.96 Å². The van der Waals surface area contributed by atoms with Gasteiger partial charge in [0.2, 0.25) is 0 Å². The molecule has 0 saturated heterocycles. The van der Waals surface area contributed by atoms with Crippen molar-refractivity contribution >= 4 is 17.3 Å². The molecule has 0 aliphatic carbocycles. The zero-order chi connectivity index (χ0) is 18.0. The minimum absolute atomic E-state index is 0.122. The average molecular weight is 355 g/mol. The molecular weight excluding hydrogens is 320 g/mol. The molecule has 0 atom stereocenters. The van der Waals surface area contributed by atoms with Gasteiger partial charge in [0.1, 0.15) is 5.01 Å². The van der Waals surface area contributed by atoms with Gasteiger partial charge in [-0.3, -0.25) is 0 Å². The van der Waals surface area contributed by atoms with Crippen LogP contribution in [0.3, 0.4) is 0 Å². The standard InChI is InChI=1S/C18H34N4OS/c1-6-18(7-2,9-10-23)13-21-17(19-8-3)20-11-16-22-15(12-24-16)14(4)5/h12,14,23H,6-11,13H2,1-5H3,(H2,19,20,21). The molecule has 0 radical (unpaired) electrons. The Morgan fingerprint density at radius 2 is 2.00 bits per heavy atom. The van der Waals surface area contributed by atoms with Crippen LogP contribution in [-0.2, 0) is 6.54 Å². The fourth-order valence-corrected chi connectivity index (χ4v) is 3.48. The first-order chi connectivity index (χ1) is 11.5. The molecule has 1 heterocycles. The minimum atomic E-state index is 0.122. The molecular formula is C18H34N4OS. The van der Waals surface area contributed by atoms with Crippen molar-refractivity contribution in [2.45, 2.75) is 66.3 Å². The summed E-state index contributed by atoms with van der Waals surface area (Å²) in [6, 6.07) is 0. The topological polar surface area (TPSA) is 69.5 Å². The maximum absolute atomic E-state index is 9.35. The Kier molecular flexibility index (Phi) is 9.29. The second-order valence-electron chi connectivity index (χ2n) is 6.55. The van der Waals surface area contributed by atoms with Crippen molar-refractivity contribution in [1.29, 1.82) is 0 Å². The predicted molar refractivity (Wildman–Crippen MR) is 104 cm³/mol. The normalized spacial score (nSPS) is 12.7. The molecule has 0 amide bonds. The zero-order valence-electron chi connectivity index (χ0n) is 15.9. The van der Waals surface area contributed by atoms with Crippen LogP contribution >= 0.6 is 11.3 Å². The molecule has 0 spiro atoms. The molecule has 0 bridgehead atoms. The van der Waals surface area contributed by atoms with Crippen molar-refractivity contribution in [2.24, 2.45) is 10.4 Å². The summed E-state index contributed by atoms with van der Waals surface area (Å²) in [5, 5.41) is 19.3. The smallest absolute Gasteiger partial charge is 0.191 e. The molecule has 24 heavy (non-hydrogen) atoms. The minimum Gasteiger partial charge on any atom is -0.396 e. The van der Waals surface area contributed by atoms with Crippen molar-refractivity contribution in [2.75, 3.05) is 19.7 Å². The molecule has 1 rings (SSSR count). The van der Waals surface area contributed by atoms with E-state index >= 15 is 0 Å². The van der Waals surface area contributed by atoms with Crippen LogP contribution in [0.5, 0.6) is 0 Å². The van der Waals surface area contributed by atoms with Crippen LogP contribution in [-0.4, -0.2) is 35.7 Å². The summed E-state index contributed by atoms with van der Waals surface area (Å²) in [6.45, 7) is 13.2. The third-order valence-corrected chi connectivity index (χ3v) is 5.50. The molecule has 6 heteroatoms. The van der Waals surface area contributed by atoms with E-state index < -0.39 is 0 Å². The number of aliphatic hydroxyl groups is 1. The number of nitrogens with one attached hydrogen (secondary N) is 2. The third kappa shape index (κ3) is 6.40. The van der Waals surface area contributed by atoms with Crippen LogP contribution in [0.15, 0.2) is 10.4 Å². The number of hydrogen-bond acceptors (Lipinski definition) is 4. The highest BCUT2D eigenvalue weighted by molar-refractivity contribution is 7.09. The molecule has 5 nitrogen and oxygen atoms in total. The van der Waals surface area contributed by atoms with Crippen molar-refractivity contribution in [1.82, 2.24) is 15.6 Å². The highest BCUT2D eigenvalue weighted by Gasteiger charge is 2.25. The molecule has 0 aliphatic heterocycles. The van der Waals surface area contributed by atoms with Crippen LogP contribution in [0, 0.1) is 5.41 Å². The van der Waals surface area contributed by atoms with Crippen LogP contribution in [0.1, 0.15) is 70.5 Å². The van der Waals surface area contributed by atoms with E-state index in [4.69, 9.17) is 0 Å². The van der Waals surface area contributed by atoms with Gasteiger partial charge in [0.05, 0.1) is 12.2 Å². The van der Waals surface area contributed by atoms with E-state index in [1.54, 1.807) is 11.3 Å². The van der Waals surface area contributed by atoms with Crippen molar-refractivity contribution in [3.8, 4) is 0 Å². The van der Waals surface area contributed by atoms with Crippen LogP contribution in [0.25, 0.3) is 0 Å². The fourth-order valence-electron chi connectivity index (χ4n) is 2.60. The first kappa shape index (κ1) is 20.9. The lowest BCUT2D eigenvalue weighted by molar-refractivity contribution is 0.169. The average Bonchev–Trinajstić information content (AvgIpc) is 3.05. The van der Waals surface area contributed by atoms with Crippen molar-refractivity contribution < 1.29 is 5.11 Å². The van der Waals surface area contributed by atoms with Crippen molar-refractivity contribution in [3.05, 3.63) is 16.1 Å². The van der Waals surface area contributed by atoms with E-state index in [0.29, 0.717) is 12.5 Å². The number of aliphatic imine (C=N–C) groups is 1. The number of rotatable bonds is 10. The number of nitrogens with zero attached hydrogens (tertiary/aromatic N) is 2. The molecule has 138 valence electrons. The van der Waals surface area contributed by atoms with Gasteiger partial charge in [-0.15, -0.1) is 11.3 Å². The lowest BCUT2D eigenvalue weighted by atomic mass is 9.79. The first-order valence-corrected chi connectivity index (χ1v) is 9.95. The zero-order valence-corrected chi connectivity index (χ0v) is 16.7. The highest BCUT2D eigenvalue weighted by Crippen LogP contribution is 2.29. The van der Waals surface area contributed by atoms with E-state index in [9.17, 15) is 5.11 Å². The second kappa shape index (κ2) is 10.7. The lowest BCUT2D eigenvalue weighted by Gasteiger charge is -2.32. The van der Waals surface area contributed by atoms with Crippen LogP contribution in [0.4, 0.5) is 0 Å². The molecule has 0 aromatic carbocycles. The summed E-state index contributed by atoms with van der Waals surface area (Å²) >= 11 is 1.67. The monoisotopic (exact) mass is 354 g/mol. The molecule has 0 fully saturated rings. The maximum atomic E-state index is 9.35. The van der Waals surface area contributed by atoms with Gasteiger partial charge in [-0.2, -0.15) is 0 Å². The molecule has 0 aliphatic rings. The molecule has 0 unspecified atom stereocenters. The number of hydrogen-bond donors (Lipinski definition) is 3. The van der Waals surface area contributed by atoms with E-state index in [1.807, 2.05) is 0 Å². The van der Waals surface area contributed by atoms with Crippen LogP contribution < -0.4 is 10.6 Å². The summed E-state index contributed by atoms with van der Waals surface area (Å²) in [5.41, 5.74) is 1.26. The Morgan fingerprint density at radius 3 is 2.50 bits per heavy atom. The van der Waals surface area contributed by atoms with Crippen LogP contribution in [0.2, 0.25) is 0 Å². The summed E-state index contributed by atoms with van der Waals surface area (Å²) in [6.07, 6.45) is 2.90. The largest absolute Gasteiger partial charge is 0.396 e. The van der Waals surface area contributed by atoms with Gasteiger partial charge in [0.25, 0.3) is 0 Å². The number of aromatic nitrogens is 1. The van der Waals surface area contributed by atoms with E-state index in [2.05, 4.69) is 60.6 Å².